The Hall–Kier alpha value is -0.900. The molecule has 4 heteroatoms. The number of aromatic nitrogens is 3. The molecule has 0 radical (unpaired) electrons. The standard InChI is InChI=1S/C14H26N4/c1-3-5-12(10-15-13-6-7-13)9-14-16-11-17-18(14)8-4-2/h11-13,15H,3-10H2,1-2H3. The fourth-order valence-electron chi connectivity index (χ4n) is 2.41. The van der Waals surface area contributed by atoms with Crippen LogP contribution in [0.25, 0.3) is 0 Å². The van der Waals surface area contributed by atoms with Crippen LogP contribution in [0.2, 0.25) is 0 Å². The maximum atomic E-state index is 4.42. The Kier molecular flexibility index (Phi) is 5.17. The van der Waals surface area contributed by atoms with Gasteiger partial charge in [0.15, 0.2) is 0 Å². The van der Waals surface area contributed by atoms with Crippen LogP contribution in [-0.2, 0) is 13.0 Å². The van der Waals surface area contributed by atoms with E-state index < -0.39 is 0 Å². The molecule has 1 aliphatic carbocycles. The van der Waals surface area contributed by atoms with Gasteiger partial charge in [-0.15, -0.1) is 0 Å². The van der Waals surface area contributed by atoms with Gasteiger partial charge in [0.25, 0.3) is 0 Å². The minimum atomic E-state index is 0.704. The summed E-state index contributed by atoms with van der Waals surface area (Å²) in [6, 6.07) is 0.804. The van der Waals surface area contributed by atoms with E-state index in [-0.39, 0.29) is 0 Å². The highest BCUT2D eigenvalue weighted by Crippen LogP contribution is 2.20. The van der Waals surface area contributed by atoms with Gasteiger partial charge in [-0.3, -0.25) is 4.68 Å². The molecule has 0 aromatic carbocycles. The summed E-state index contributed by atoms with van der Waals surface area (Å²) in [5.74, 6) is 1.86. The van der Waals surface area contributed by atoms with Gasteiger partial charge in [-0.1, -0.05) is 20.3 Å². The number of rotatable bonds is 9. The van der Waals surface area contributed by atoms with Crippen molar-refractivity contribution in [2.24, 2.45) is 5.92 Å². The van der Waals surface area contributed by atoms with Crippen molar-refractivity contribution < 1.29 is 0 Å². The van der Waals surface area contributed by atoms with E-state index in [4.69, 9.17) is 0 Å². The molecule has 1 aliphatic rings. The summed E-state index contributed by atoms with van der Waals surface area (Å²) in [6.45, 7) is 6.58. The van der Waals surface area contributed by atoms with Gasteiger partial charge in [0.2, 0.25) is 0 Å². The first kappa shape index (κ1) is 13.5. The van der Waals surface area contributed by atoms with Crippen LogP contribution in [0.15, 0.2) is 6.33 Å². The predicted molar refractivity (Wildman–Crippen MR) is 73.4 cm³/mol. The van der Waals surface area contributed by atoms with Gasteiger partial charge >= 0.3 is 0 Å². The molecule has 1 heterocycles. The molecule has 0 bridgehead atoms. The van der Waals surface area contributed by atoms with E-state index in [0.29, 0.717) is 5.92 Å². The second kappa shape index (κ2) is 6.88. The lowest BCUT2D eigenvalue weighted by molar-refractivity contribution is 0.416. The van der Waals surface area contributed by atoms with Gasteiger partial charge < -0.3 is 5.32 Å². The van der Waals surface area contributed by atoms with Crippen molar-refractivity contribution in [3.05, 3.63) is 12.2 Å². The molecule has 4 nitrogen and oxygen atoms in total. The van der Waals surface area contributed by atoms with Crippen molar-refractivity contribution in [3.63, 3.8) is 0 Å². The Balaban J connectivity index is 1.86. The average Bonchev–Trinajstić information content (AvgIpc) is 3.10. The van der Waals surface area contributed by atoms with Crippen LogP contribution < -0.4 is 5.32 Å². The second-order valence-electron chi connectivity index (χ2n) is 5.44. The zero-order valence-corrected chi connectivity index (χ0v) is 11.7. The zero-order valence-electron chi connectivity index (χ0n) is 11.7. The third-order valence-electron chi connectivity index (χ3n) is 3.57. The smallest absolute Gasteiger partial charge is 0.138 e. The quantitative estimate of drug-likeness (QED) is 0.732. The largest absolute Gasteiger partial charge is 0.314 e. The summed E-state index contributed by atoms with van der Waals surface area (Å²) in [6.07, 6.45) is 9.14. The number of hydrogen-bond acceptors (Lipinski definition) is 3. The van der Waals surface area contributed by atoms with Gasteiger partial charge in [0, 0.05) is 19.0 Å². The Labute approximate surface area is 110 Å². The van der Waals surface area contributed by atoms with E-state index in [9.17, 15) is 0 Å². The zero-order chi connectivity index (χ0) is 12.8. The molecule has 1 aromatic rings. The number of nitrogens with one attached hydrogen (secondary N) is 1. The predicted octanol–water partition coefficient (Wildman–Crippen LogP) is 2.40. The molecular weight excluding hydrogens is 224 g/mol. The lowest BCUT2D eigenvalue weighted by Gasteiger charge is -2.16. The minimum absolute atomic E-state index is 0.704. The summed E-state index contributed by atoms with van der Waals surface area (Å²) < 4.78 is 2.07. The number of hydrogen-bond donors (Lipinski definition) is 1. The molecule has 18 heavy (non-hydrogen) atoms. The number of nitrogens with zero attached hydrogens (tertiary/aromatic N) is 3. The monoisotopic (exact) mass is 250 g/mol. The van der Waals surface area contributed by atoms with Crippen LogP contribution >= 0.6 is 0 Å². The highest BCUT2D eigenvalue weighted by Gasteiger charge is 2.22. The van der Waals surface area contributed by atoms with Crippen LogP contribution in [0.4, 0.5) is 0 Å². The summed E-state index contributed by atoms with van der Waals surface area (Å²) in [4.78, 5) is 4.42. The van der Waals surface area contributed by atoms with Gasteiger partial charge in [-0.25, -0.2) is 4.98 Å². The van der Waals surface area contributed by atoms with Crippen LogP contribution in [-0.4, -0.2) is 27.4 Å². The fraction of sp³-hybridized carbons (Fsp3) is 0.857. The van der Waals surface area contributed by atoms with Crippen molar-refractivity contribution in [1.29, 1.82) is 0 Å². The third-order valence-corrected chi connectivity index (χ3v) is 3.57. The van der Waals surface area contributed by atoms with E-state index in [0.717, 1.165) is 37.8 Å². The van der Waals surface area contributed by atoms with E-state index in [1.54, 1.807) is 6.33 Å². The van der Waals surface area contributed by atoms with Gasteiger partial charge in [0.1, 0.15) is 12.2 Å². The minimum Gasteiger partial charge on any atom is -0.314 e. The molecule has 0 aliphatic heterocycles. The first-order valence-electron chi connectivity index (χ1n) is 7.43. The molecule has 1 fully saturated rings. The topological polar surface area (TPSA) is 42.7 Å². The maximum absolute atomic E-state index is 4.42. The van der Waals surface area contributed by atoms with Crippen molar-refractivity contribution >= 4 is 0 Å². The summed E-state index contributed by atoms with van der Waals surface area (Å²) >= 11 is 0. The Morgan fingerprint density at radius 1 is 1.39 bits per heavy atom. The number of aryl methyl sites for hydroxylation is 1. The average molecular weight is 250 g/mol. The molecule has 2 rings (SSSR count). The molecular formula is C14H26N4. The highest BCUT2D eigenvalue weighted by atomic mass is 15.3. The molecule has 102 valence electrons. The Bertz CT molecular complexity index is 343. The van der Waals surface area contributed by atoms with Gasteiger partial charge in [-0.2, -0.15) is 5.10 Å². The van der Waals surface area contributed by atoms with E-state index >= 15 is 0 Å². The van der Waals surface area contributed by atoms with Crippen LogP contribution in [0.1, 0.15) is 51.8 Å². The van der Waals surface area contributed by atoms with E-state index in [2.05, 4.69) is 33.9 Å². The van der Waals surface area contributed by atoms with Gasteiger partial charge in [-0.05, 0) is 38.1 Å². The van der Waals surface area contributed by atoms with Crippen molar-refractivity contribution in [1.82, 2.24) is 20.1 Å². The van der Waals surface area contributed by atoms with Gasteiger partial charge in [0.05, 0.1) is 0 Å². The molecule has 0 spiro atoms. The summed E-state index contributed by atoms with van der Waals surface area (Å²) in [5, 5.41) is 7.96. The van der Waals surface area contributed by atoms with Crippen LogP contribution in [0.5, 0.6) is 0 Å². The molecule has 1 atom stereocenters. The SMILES string of the molecule is CCCC(CNC1CC1)Cc1ncnn1CCC. The van der Waals surface area contributed by atoms with Crippen molar-refractivity contribution in [3.8, 4) is 0 Å². The molecule has 1 saturated carbocycles. The van der Waals surface area contributed by atoms with Crippen molar-refractivity contribution in [2.45, 2.75) is 65.0 Å². The summed E-state index contributed by atoms with van der Waals surface area (Å²) in [7, 11) is 0. The summed E-state index contributed by atoms with van der Waals surface area (Å²) in [5.41, 5.74) is 0. The Morgan fingerprint density at radius 2 is 2.22 bits per heavy atom. The molecule has 0 saturated heterocycles. The highest BCUT2D eigenvalue weighted by molar-refractivity contribution is 4.89. The Morgan fingerprint density at radius 3 is 2.89 bits per heavy atom. The fourth-order valence-corrected chi connectivity index (χ4v) is 2.41. The second-order valence-corrected chi connectivity index (χ2v) is 5.44. The third kappa shape index (κ3) is 4.09. The van der Waals surface area contributed by atoms with E-state index in [1.165, 1.54) is 25.7 Å². The van der Waals surface area contributed by atoms with Crippen LogP contribution in [0, 0.1) is 5.92 Å². The molecule has 1 aromatic heterocycles. The lowest BCUT2D eigenvalue weighted by Crippen LogP contribution is -2.27. The first-order valence-corrected chi connectivity index (χ1v) is 7.43. The van der Waals surface area contributed by atoms with Crippen molar-refractivity contribution in [2.75, 3.05) is 6.54 Å². The first-order chi connectivity index (χ1) is 8.83. The lowest BCUT2D eigenvalue weighted by atomic mass is 9.99. The molecule has 1 unspecified atom stereocenters. The molecule has 0 amide bonds. The maximum Gasteiger partial charge on any atom is 0.138 e. The normalized spacial score (nSPS) is 17.0. The van der Waals surface area contributed by atoms with Crippen LogP contribution in [0.3, 0.4) is 0 Å². The molecule has 1 N–H and O–H groups in total. The van der Waals surface area contributed by atoms with E-state index in [1.807, 2.05) is 0 Å².